The molecule has 2 amide bonds. The number of amides is 2. The average Bonchev–Trinajstić information content (AvgIpc) is 3.30. The molecule has 0 bridgehead atoms. The molecule has 0 aliphatic heterocycles. The topological polar surface area (TPSA) is 71.1 Å². The summed E-state index contributed by atoms with van der Waals surface area (Å²) < 4.78 is 0. The van der Waals surface area contributed by atoms with Crippen LogP contribution in [-0.2, 0) is 4.79 Å². The van der Waals surface area contributed by atoms with Crippen LogP contribution >= 0.6 is 23.2 Å². The predicted molar refractivity (Wildman–Crippen MR) is 94.7 cm³/mol. The monoisotopic (exact) mass is 363 g/mol. The van der Waals surface area contributed by atoms with Gasteiger partial charge in [-0.25, -0.2) is 4.98 Å². The van der Waals surface area contributed by atoms with Crippen LogP contribution in [0.1, 0.15) is 28.8 Å². The summed E-state index contributed by atoms with van der Waals surface area (Å²) in [5.74, 6) is 0.00675. The van der Waals surface area contributed by atoms with Gasteiger partial charge in [-0.05, 0) is 43.5 Å². The van der Waals surface area contributed by atoms with Crippen LogP contribution in [0.3, 0.4) is 0 Å². The summed E-state index contributed by atoms with van der Waals surface area (Å²) in [5.41, 5.74) is 1.58. The highest BCUT2D eigenvalue weighted by Gasteiger charge is 2.29. The number of nitrogens with zero attached hydrogens (tertiary/aromatic N) is 1. The largest absolute Gasteiger partial charge is 0.322 e. The molecule has 0 radical (unpaired) electrons. The molecule has 1 saturated carbocycles. The molecular weight excluding hydrogens is 349 g/mol. The van der Waals surface area contributed by atoms with Gasteiger partial charge in [-0.3, -0.25) is 9.59 Å². The van der Waals surface area contributed by atoms with E-state index in [4.69, 9.17) is 23.2 Å². The van der Waals surface area contributed by atoms with Crippen LogP contribution in [0.15, 0.2) is 30.5 Å². The number of hydrogen-bond donors (Lipinski definition) is 2. The maximum Gasteiger partial charge on any atom is 0.258 e. The zero-order valence-corrected chi connectivity index (χ0v) is 14.4. The maximum absolute atomic E-state index is 12.4. The Morgan fingerprint density at radius 1 is 1.12 bits per heavy atom. The van der Waals surface area contributed by atoms with Crippen molar-refractivity contribution in [2.75, 3.05) is 10.6 Å². The summed E-state index contributed by atoms with van der Waals surface area (Å²) in [4.78, 5) is 28.3. The second-order valence-electron chi connectivity index (χ2n) is 5.75. The number of aromatic nitrogens is 1. The molecule has 1 aromatic carbocycles. The van der Waals surface area contributed by atoms with E-state index in [1.807, 2.05) is 6.92 Å². The lowest BCUT2D eigenvalue weighted by molar-refractivity contribution is -0.117. The lowest BCUT2D eigenvalue weighted by Gasteiger charge is -2.10. The van der Waals surface area contributed by atoms with Gasteiger partial charge in [-0.15, -0.1) is 0 Å². The molecule has 1 aliphatic carbocycles. The predicted octanol–water partition coefficient (Wildman–Crippen LogP) is 4.30. The van der Waals surface area contributed by atoms with E-state index in [2.05, 4.69) is 15.6 Å². The average molecular weight is 364 g/mol. The quantitative estimate of drug-likeness (QED) is 0.850. The number of carbonyl (C=O) groups excluding carboxylic acids is 2. The molecule has 1 heterocycles. The highest BCUT2D eigenvalue weighted by molar-refractivity contribution is 6.40. The first kappa shape index (κ1) is 16.7. The number of hydrogen-bond acceptors (Lipinski definition) is 3. The van der Waals surface area contributed by atoms with Crippen molar-refractivity contribution < 1.29 is 9.59 Å². The zero-order chi connectivity index (χ0) is 17.3. The smallest absolute Gasteiger partial charge is 0.258 e. The first-order valence-electron chi connectivity index (χ1n) is 7.48. The molecule has 0 spiro atoms. The van der Waals surface area contributed by atoms with Crippen molar-refractivity contribution >= 4 is 46.5 Å². The molecule has 2 N–H and O–H groups in total. The fourth-order valence-corrected chi connectivity index (χ4v) is 3.03. The third-order valence-corrected chi connectivity index (χ3v) is 4.23. The first-order valence-corrected chi connectivity index (χ1v) is 8.23. The van der Waals surface area contributed by atoms with Gasteiger partial charge in [0.05, 0.1) is 15.6 Å². The van der Waals surface area contributed by atoms with Gasteiger partial charge < -0.3 is 10.6 Å². The van der Waals surface area contributed by atoms with Crippen LogP contribution < -0.4 is 10.6 Å². The summed E-state index contributed by atoms with van der Waals surface area (Å²) in [5, 5.41) is 6.02. The molecule has 5 nitrogen and oxygen atoms in total. The SMILES string of the molecule is Cc1cc(Cl)c(C(=O)Nc2ccnc(NC(=O)C3CC3)c2)c(Cl)c1. The second-order valence-corrected chi connectivity index (χ2v) is 6.57. The number of rotatable bonds is 4. The molecule has 0 saturated heterocycles. The standard InChI is InChI=1S/C17H15Cl2N3O2/c1-9-6-12(18)15(13(19)7-9)17(24)21-11-4-5-20-14(8-11)22-16(23)10-2-3-10/h4-8,10H,2-3H2,1H3,(H2,20,21,22,23,24). The van der Waals surface area contributed by atoms with Crippen molar-refractivity contribution in [3.05, 3.63) is 51.6 Å². The van der Waals surface area contributed by atoms with Crippen molar-refractivity contribution in [1.29, 1.82) is 0 Å². The fraction of sp³-hybridized carbons (Fsp3) is 0.235. The number of benzene rings is 1. The molecular formula is C17H15Cl2N3O2. The van der Waals surface area contributed by atoms with Crippen molar-refractivity contribution in [2.45, 2.75) is 19.8 Å². The number of halogens is 2. The van der Waals surface area contributed by atoms with Crippen LogP contribution in [0.4, 0.5) is 11.5 Å². The van der Waals surface area contributed by atoms with Gasteiger partial charge in [0.1, 0.15) is 5.82 Å². The summed E-state index contributed by atoms with van der Waals surface area (Å²) in [7, 11) is 0. The van der Waals surface area contributed by atoms with Gasteiger partial charge in [-0.2, -0.15) is 0 Å². The van der Waals surface area contributed by atoms with Gasteiger partial charge in [0.2, 0.25) is 5.91 Å². The molecule has 3 rings (SSSR count). The van der Waals surface area contributed by atoms with Crippen molar-refractivity contribution in [3.63, 3.8) is 0 Å². The number of nitrogens with one attached hydrogen (secondary N) is 2. The lowest BCUT2D eigenvalue weighted by Crippen LogP contribution is -2.16. The third-order valence-electron chi connectivity index (χ3n) is 3.63. The second kappa shape index (κ2) is 6.79. The van der Waals surface area contributed by atoms with E-state index < -0.39 is 5.91 Å². The van der Waals surface area contributed by atoms with Crippen LogP contribution in [0.25, 0.3) is 0 Å². The summed E-state index contributed by atoms with van der Waals surface area (Å²) in [6.45, 7) is 1.84. The van der Waals surface area contributed by atoms with E-state index in [-0.39, 0.29) is 27.4 Å². The van der Waals surface area contributed by atoms with Crippen LogP contribution in [0.5, 0.6) is 0 Å². The Kier molecular flexibility index (Phi) is 4.73. The molecule has 0 atom stereocenters. The Morgan fingerprint density at radius 2 is 1.79 bits per heavy atom. The van der Waals surface area contributed by atoms with Crippen molar-refractivity contribution in [3.8, 4) is 0 Å². The minimum atomic E-state index is -0.421. The van der Waals surface area contributed by atoms with Crippen LogP contribution in [0, 0.1) is 12.8 Å². The highest BCUT2D eigenvalue weighted by Crippen LogP contribution is 2.30. The minimum absolute atomic E-state index is 0.0457. The normalized spacial score (nSPS) is 13.5. The van der Waals surface area contributed by atoms with Gasteiger partial charge in [0.25, 0.3) is 5.91 Å². The van der Waals surface area contributed by atoms with E-state index in [0.717, 1.165) is 18.4 Å². The summed E-state index contributed by atoms with van der Waals surface area (Å²) >= 11 is 12.2. The molecule has 7 heteroatoms. The molecule has 24 heavy (non-hydrogen) atoms. The molecule has 1 aliphatic rings. The minimum Gasteiger partial charge on any atom is -0.322 e. The maximum atomic E-state index is 12.4. The Hall–Kier alpha value is -2.11. The fourth-order valence-electron chi connectivity index (χ4n) is 2.26. The highest BCUT2D eigenvalue weighted by atomic mass is 35.5. The van der Waals surface area contributed by atoms with Crippen molar-refractivity contribution in [2.24, 2.45) is 5.92 Å². The molecule has 1 fully saturated rings. The van der Waals surface area contributed by atoms with Gasteiger partial charge in [0.15, 0.2) is 0 Å². The van der Waals surface area contributed by atoms with E-state index in [9.17, 15) is 9.59 Å². The lowest BCUT2D eigenvalue weighted by atomic mass is 10.1. The third kappa shape index (κ3) is 3.86. The van der Waals surface area contributed by atoms with Gasteiger partial charge in [0, 0.05) is 23.9 Å². The Bertz CT molecular complexity index is 796. The van der Waals surface area contributed by atoms with E-state index >= 15 is 0 Å². The molecule has 124 valence electrons. The number of carbonyl (C=O) groups is 2. The Balaban J connectivity index is 1.76. The summed E-state index contributed by atoms with van der Waals surface area (Å²) in [6, 6.07) is 6.57. The molecule has 2 aromatic rings. The number of pyridine rings is 1. The van der Waals surface area contributed by atoms with E-state index in [1.54, 1.807) is 24.3 Å². The summed E-state index contributed by atoms with van der Waals surface area (Å²) in [6.07, 6.45) is 3.33. The molecule has 0 unspecified atom stereocenters. The van der Waals surface area contributed by atoms with Crippen molar-refractivity contribution in [1.82, 2.24) is 4.98 Å². The number of anilines is 2. The first-order chi connectivity index (χ1) is 11.4. The van der Waals surface area contributed by atoms with Crippen LogP contribution in [-0.4, -0.2) is 16.8 Å². The van der Waals surface area contributed by atoms with Crippen LogP contribution in [0.2, 0.25) is 10.0 Å². The van der Waals surface area contributed by atoms with Gasteiger partial charge in [-0.1, -0.05) is 23.2 Å². The van der Waals surface area contributed by atoms with E-state index in [1.165, 1.54) is 6.20 Å². The number of aryl methyl sites for hydroxylation is 1. The van der Waals surface area contributed by atoms with E-state index in [0.29, 0.717) is 11.5 Å². The molecule has 1 aromatic heterocycles. The Labute approximate surface area is 149 Å². The Morgan fingerprint density at radius 3 is 2.42 bits per heavy atom. The van der Waals surface area contributed by atoms with Gasteiger partial charge >= 0.3 is 0 Å². The zero-order valence-electron chi connectivity index (χ0n) is 12.9.